The van der Waals surface area contributed by atoms with Crippen molar-refractivity contribution >= 4 is 45.4 Å². The van der Waals surface area contributed by atoms with Crippen molar-refractivity contribution in [1.82, 2.24) is 9.55 Å². The van der Waals surface area contributed by atoms with E-state index in [0.29, 0.717) is 5.39 Å². The van der Waals surface area contributed by atoms with E-state index in [-0.39, 0.29) is 16.2 Å². The summed E-state index contributed by atoms with van der Waals surface area (Å²) in [5, 5.41) is 3.54. The summed E-state index contributed by atoms with van der Waals surface area (Å²) in [5.74, 6) is -0.267. The summed E-state index contributed by atoms with van der Waals surface area (Å²) in [6.45, 7) is 9.68. The molecule has 0 aliphatic rings. The molecular weight excluding hydrogens is 378 g/mol. The molecule has 27 heavy (non-hydrogen) atoms. The van der Waals surface area contributed by atoms with Gasteiger partial charge in [-0.3, -0.25) is 14.2 Å². The second kappa shape index (κ2) is 7.40. The van der Waals surface area contributed by atoms with Crippen LogP contribution in [0.3, 0.4) is 0 Å². The number of aromatic nitrogens is 2. The van der Waals surface area contributed by atoms with E-state index in [2.05, 4.69) is 10.3 Å². The fourth-order valence-corrected chi connectivity index (χ4v) is 4.72. The highest BCUT2D eigenvalue weighted by Crippen LogP contribution is 2.24. The van der Waals surface area contributed by atoms with Gasteiger partial charge in [-0.1, -0.05) is 24.6 Å². The van der Waals surface area contributed by atoms with Crippen molar-refractivity contribution < 1.29 is 4.79 Å². The van der Waals surface area contributed by atoms with Crippen LogP contribution in [0.2, 0.25) is 0 Å². The van der Waals surface area contributed by atoms with Crippen molar-refractivity contribution in [2.75, 3.05) is 5.32 Å². The molecule has 0 saturated carbocycles. The number of H-pyrrole nitrogens is 1. The number of carbonyl (C=O) groups is 1. The Bertz CT molecular complexity index is 1130. The summed E-state index contributed by atoms with van der Waals surface area (Å²) in [4.78, 5) is 30.8. The lowest BCUT2D eigenvalue weighted by atomic mass is 10.0. The number of hydrogen-bond donors (Lipinski definition) is 2. The van der Waals surface area contributed by atoms with Gasteiger partial charge in [0.1, 0.15) is 10.9 Å². The minimum absolute atomic E-state index is 0.232. The Balaban J connectivity index is 2.01. The van der Waals surface area contributed by atoms with E-state index in [4.69, 9.17) is 12.2 Å². The van der Waals surface area contributed by atoms with Crippen LogP contribution in [0.4, 0.5) is 5.69 Å². The summed E-state index contributed by atoms with van der Waals surface area (Å²) in [5.41, 5.74) is 3.68. The van der Waals surface area contributed by atoms with Crippen LogP contribution in [-0.4, -0.2) is 15.5 Å². The van der Waals surface area contributed by atoms with Gasteiger partial charge >= 0.3 is 0 Å². The quantitative estimate of drug-likeness (QED) is 0.617. The highest BCUT2D eigenvalue weighted by molar-refractivity contribution is 7.71. The Morgan fingerprint density at radius 1 is 1.26 bits per heavy atom. The van der Waals surface area contributed by atoms with Crippen LogP contribution < -0.4 is 10.9 Å². The van der Waals surface area contributed by atoms with Gasteiger partial charge in [0.25, 0.3) is 5.56 Å². The second-order valence-corrected chi connectivity index (χ2v) is 8.38. The van der Waals surface area contributed by atoms with Gasteiger partial charge in [0.05, 0.1) is 5.39 Å². The summed E-state index contributed by atoms with van der Waals surface area (Å²) in [6, 6.07) is 5.20. The minimum atomic E-state index is -0.726. The van der Waals surface area contributed by atoms with Crippen LogP contribution in [0.1, 0.15) is 41.5 Å². The zero-order valence-corrected chi connectivity index (χ0v) is 17.7. The Hall–Kier alpha value is -2.25. The molecule has 7 heteroatoms. The van der Waals surface area contributed by atoms with E-state index in [9.17, 15) is 9.59 Å². The maximum atomic E-state index is 13.0. The van der Waals surface area contributed by atoms with Crippen molar-refractivity contribution in [3.05, 3.63) is 54.9 Å². The maximum Gasteiger partial charge on any atom is 0.263 e. The van der Waals surface area contributed by atoms with Crippen molar-refractivity contribution in [1.29, 1.82) is 0 Å². The molecule has 1 amide bonds. The number of aromatic amines is 1. The number of carbonyl (C=O) groups excluding carboxylic acids is 1. The SMILES string of the molecule is CCc1cc2c(=O)n(C(C)C(=O)Nc3c(C)cc(C)cc3C)c(=S)[nH]c2s1. The summed E-state index contributed by atoms with van der Waals surface area (Å²) < 4.78 is 1.62. The number of fused-ring (bicyclic) bond motifs is 1. The molecule has 0 bridgehead atoms. The summed E-state index contributed by atoms with van der Waals surface area (Å²) in [7, 11) is 0. The highest BCUT2D eigenvalue weighted by Gasteiger charge is 2.21. The largest absolute Gasteiger partial charge is 0.324 e. The molecule has 0 fully saturated rings. The van der Waals surface area contributed by atoms with Crippen molar-refractivity contribution in [2.45, 2.75) is 47.1 Å². The molecule has 2 heterocycles. The molecule has 0 spiro atoms. The van der Waals surface area contributed by atoms with Crippen molar-refractivity contribution in [2.24, 2.45) is 0 Å². The summed E-state index contributed by atoms with van der Waals surface area (Å²) >= 11 is 6.90. The molecule has 0 aliphatic heterocycles. The zero-order valence-electron chi connectivity index (χ0n) is 16.1. The number of aryl methyl sites for hydroxylation is 4. The molecule has 0 radical (unpaired) electrons. The van der Waals surface area contributed by atoms with Crippen molar-refractivity contribution in [3.63, 3.8) is 0 Å². The van der Waals surface area contributed by atoms with Gasteiger partial charge in [-0.25, -0.2) is 0 Å². The lowest BCUT2D eigenvalue weighted by molar-refractivity contribution is -0.118. The van der Waals surface area contributed by atoms with Crippen molar-refractivity contribution in [3.8, 4) is 0 Å². The molecule has 1 atom stereocenters. The van der Waals surface area contributed by atoms with E-state index in [1.54, 1.807) is 6.92 Å². The molecule has 2 N–H and O–H groups in total. The van der Waals surface area contributed by atoms with Gasteiger partial charge in [-0.05, 0) is 63.5 Å². The molecule has 1 unspecified atom stereocenters. The second-order valence-electron chi connectivity index (χ2n) is 6.85. The predicted octanol–water partition coefficient (Wildman–Crippen LogP) is 4.81. The van der Waals surface area contributed by atoms with Gasteiger partial charge in [0.15, 0.2) is 4.77 Å². The Morgan fingerprint density at radius 2 is 1.89 bits per heavy atom. The normalized spacial score (nSPS) is 12.3. The third kappa shape index (κ3) is 3.61. The number of rotatable bonds is 4. The topological polar surface area (TPSA) is 66.9 Å². The fourth-order valence-electron chi connectivity index (χ4n) is 3.32. The number of nitrogens with zero attached hydrogens (tertiary/aromatic N) is 1. The van der Waals surface area contributed by atoms with Crippen LogP contribution in [0, 0.1) is 25.5 Å². The molecule has 0 saturated heterocycles. The molecule has 0 aliphatic carbocycles. The molecule has 142 valence electrons. The first kappa shape index (κ1) is 19.5. The van der Waals surface area contributed by atoms with Crippen LogP contribution in [0.15, 0.2) is 23.0 Å². The summed E-state index contributed by atoms with van der Waals surface area (Å²) in [6.07, 6.45) is 0.849. The third-order valence-electron chi connectivity index (χ3n) is 4.71. The van der Waals surface area contributed by atoms with Crippen LogP contribution in [0.5, 0.6) is 0 Å². The number of amides is 1. The number of anilines is 1. The Labute approximate surface area is 167 Å². The number of hydrogen-bond acceptors (Lipinski definition) is 4. The Morgan fingerprint density at radius 3 is 2.48 bits per heavy atom. The molecule has 3 rings (SSSR count). The first-order valence-electron chi connectivity index (χ1n) is 8.88. The minimum Gasteiger partial charge on any atom is -0.324 e. The average Bonchev–Trinajstić information content (AvgIpc) is 3.01. The average molecular weight is 402 g/mol. The molecule has 2 aromatic heterocycles. The van der Waals surface area contributed by atoms with E-state index in [1.165, 1.54) is 15.9 Å². The highest BCUT2D eigenvalue weighted by atomic mass is 32.1. The lowest BCUT2D eigenvalue weighted by Crippen LogP contribution is -2.32. The van der Waals surface area contributed by atoms with E-state index in [1.807, 2.05) is 45.9 Å². The monoisotopic (exact) mass is 401 g/mol. The van der Waals surface area contributed by atoms with Crippen LogP contribution in [-0.2, 0) is 11.2 Å². The number of benzene rings is 1. The number of thiophene rings is 1. The Kier molecular flexibility index (Phi) is 5.35. The standard InChI is InChI=1S/C20H23N3O2S2/c1-6-14-9-15-18(27-14)22-20(26)23(19(15)25)13(5)17(24)21-16-11(3)7-10(2)8-12(16)4/h7-9,13H,6H2,1-5H3,(H,21,24)(H,22,26). The van der Waals surface area contributed by atoms with Gasteiger partial charge in [-0.15, -0.1) is 11.3 Å². The predicted molar refractivity (Wildman–Crippen MR) is 115 cm³/mol. The van der Waals surface area contributed by atoms with E-state index in [0.717, 1.165) is 38.5 Å². The molecule has 3 aromatic rings. The van der Waals surface area contributed by atoms with Gasteiger partial charge in [0.2, 0.25) is 5.91 Å². The zero-order chi connectivity index (χ0) is 19.9. The molecule has 5 nitrogen and oxygen atoms in total. The van der Waals surface area contributed by atoms with Crippen LogP contribution >= 0.6 is 23.6 Å². The lowest BCUT2D eigenvalue weighted by Gasteiger charge is -2.18. The first-order chi connectivity index (χ1) is 12.7. The van der Waals surface area contributed by atoms with E-state index >= 15 is 0 Å². The maximum absolute atomic E-state index is 13.0. The smallest absolute Gasteiger partial charge is 0.263 e. The third-order valence-corrected chi connectivity index (χ3v) is 6.21. The first-order valence-corrected chi connectivity index (χ1v) is 10.1. The van der Waals surface area contributed by atoms with Gasteiger partial charge < -0.3 is 10.3 Å². The van der Waals surface area contributed by atoms with Crippen LogP contribution in [0.25, 0.3) is 10.2 Å². The van der Waals surface area contributed by atoms with E-state index < -0.39 is 6.04 Å². The molecular formula is C20H23N3O2S2. The molecule has 1 aromatic carbocycles. The van der Waals surface area contributed by atoms with Gasteiger partial charge in [0, 0.05) is 10.6 Å². The fraction of sp³-hybridized carbons (Fsp3) is 0.350. The number of nitrogens with one attached hydrogen (secondary N) is 2. The van der Waals surface area contributed by atoms with Gasteiger partial charge in [-0.2, -0.15) is 0 Å².